The van der Waals surface area contributed by atoms with Crippen LogP contribution in [0.4, 0.5) is 0 Å². The summed E-state index contributed by atoms with van der Waals surface area (Å²) in [4.78, 5) is 24.0. The molecule has 0 aromatic heterocycles. The Balaban J connectivity index is 0.000000148. The number of phenolic OH excluding ortho intramolecular Hbond substituents is 2. The van der Waals surface area contributed by atoms with E-state index in [-0.39, 0.29) is 35.3 Å². The molecule has 6 heteroatoms. The lowest BCUT2D eigenvalue weighted by Gasteiger charge is -2.25. The van der Waals surface area contributed by atoms with E-state index in [0.717, 1.165) is 11.1 Å². The number of carbonyl (C=O) groups excluding carboxylic acids is 2. The van der Waals surface area contributed by atoms with Crippen LogP contribution in [0.25, 0.3) is 0 Å². The Labute approximate surface area is 208 Å². The van der Waals surface area contributed by atoms with Crippen LogP contribution in [0.5, 0.6) is 23.0 Å². The summed E-state index contributed by atoms with van der Waals surface area (Å²) in [5.41, 5.74) is 3.09. The maximum atomic E-state index is 12.0. The number of Topliss-reactive ketones (excluding diaryl/α,β-unsaturated/α-hetero) is 2. The number of ether oxygens (including phenoxy) is 2. The minimum absolute atomic E-state index is 0.0925. The molecular formula is C30H24O6. The van der Waals surface area contributed by atoms with Crippen molar-refractivity contribution in [2.75, 3.05) is 0 Å². The zero-order valence-corrected chi connectivity index (χ0v) is 19.3. The van der Waals surface area contributed by atoms with Crippen molar-refractivity contribution in [3.8, 4) is 23.0 Å². The predicted molar refractivity (Wildman–Crippen MR) is 134 cm³/mol. The molecule has 4 aromatic rings. The fraction of sp³-hybridized carbons (Fsp3) is 0.133. The van der Waals surface area contributed by atoms with Crippen LogP contribution in [-0.4, -0.2) is 21.8 Å². The van der Waals surface area contributed by atoms with Crippen molar-refractivity contribution in [2.24, 2.45) is 0 Å². The third-order valence-electron chi connectivity index (χ3n) is 6.18. The third-order valence-corrected chi connectivity index (χ3v) is 6.18. The van der Waals surface area contributed by atoms with Gasteiger partial charge in [-0.3, -0.25) is 9.59 Å². The summed E-state index contributed by atoms with van der Waals surface area (Å²) >= 11 is 0. The molecule has 6 rings (SSSR count). The lowest BCUT2D eigenvalue weighted by molar-refractivity contribution is 0.0840. The summed E-state index contributed by atoms with van der Waals surface area (Å²) in [7, 11) is 0. The van der Waals surface area contributed by atoms with Gasteiger partial charge < -0.3 is 19.7 Å². The van der Waals surface area contributed by atoms with E-state index in [4.69, 9.17) is 9.47 Å². The minimum atomic E-state index is -0.270. The first-order chi connectivity index (χ1) is 17.5. The first-order valence-corrected chi connectivity index (χ1v) is 11.6. The average Bonchev–Trinajstić information content (AvgIpc) is 2.90. The summed E-state index contributed by atoms with van der Waals surface area (Å²) < 4.78 is 11.7. The van der Waals surface area contributed by atoms with E-state index in [0.29, 0.717) is 35.5 Å². The van der Waals surface area contributed by atoms with Gasteiger partial charge in [0, 0.05) is 0 Å². The van der Waals surface area contributed by atoms with Crippen LogP contribution in [0.1, 0.15) is 56.9 Å². The number of rotatable bonds is 2. The largest absolute Gasteiger partial charge is 0.508 e. The first kappa shape index (κ1) is 23.2. The minimum Gasteiger partial charge on any atom is -0.508 e. The standard InChI is InChI=1S/2C15H12O3/c2*16-11-7-5-10(6-8-11)15-9-13(17)12-3-1-2-4-14(12)18-15/h2*1-8,15-16H,9H2. The Bertz CT molecular complexity index is 1280. The number of fused-ring (bicyclic) bond motifs is 2. The van der Waals surface area contributed by atoms with Crippen molar-refractivity contribution in [2.45, 2.75) is 25.0 Å². The van der Waals surface area contributed by atoms with Crippen LogP contribution < -0.4 is 9.47 Å². The molecule has 0 spiro atoms. The summed E-state index contributed by atoms with van der Waals surface area (Å²) in [5.74, 6) is 1.87. The third kappa shape index (κ3) is 4.93. The van der Waals surface area contributed by atoms with E-state index < -0.39 is 0 Å². The Morgan fingerprint density at radius 1 is 0.528 bits per heavy atom. The highest BCUT2D eigenvalue weighted by atomic mass is 16.5. The number of benzene rings is 4. The monoisotopic (exact) mass is 480 g/mol. The fourth-order valence-corrected chi connectivity index (χ4v) is 4.30. The SMILES string of the molecule is O=C1CC(c2ccc(O)cc2)Oc2ccccc21.O=C1CC(c2ccc(O)cc2)Oc2ccccc21. The van der Waals surface area contributed by atoms with Crippen LogP contribution >= 0.6 is 0 Å². The molecule has 0 fully saturated rings. The molecule has 2 unspecified atom stereocenters. The van der Waals surface area contributed by atoms with Gasteiger partial charge in [0.15, 0.2) is 11.6 Å². The molecule has 36 heavy (non-hydrogen) atoms. The maximum absolute atomic E-state index is 12.0. The molecule has 6 nitrogen and oxygen atoms in total. The highest BCUT2D eigenvalue weighted by molar-refractivity contribution is 6.00. The quantitative estimate of drug-likeness (QED) is 0.355. The number of hydrogen-bond donors (Lipinski definition) is 2. The smallest absolute Gasteiger partial charge is 0.170 e. The van der Waals surface area contributed by atoms with E-state index in [2.05, 4.69) is 0 Å². The van der Waals surface area contributed by atoms with Crippen LogP contribution in [0, 0.1) is 0 Å². The topological polar surface area (TPSA) is 93.1 Å². The van der Waals surface area contributed by atoms with Crippen molar-refractivity contribution < 1.29 is 29.3 Å². The second-order valence-corrected chi connectivity index (χ2v) is 8.64. The average molecular weight is 481 g/mol. The zero-order chi connectivity index (χ0) is 25.1. The van der Waals surface area contributed by atoms with E-state index in [1.54, 1.807) is 72.8 Å². The van der Waals surface area contributed by atoms with Crippen LogP contribution in [0.2, 0.25) is 0 Å². The second kappa shape index (κ2) is 9.96. The summed E-state index contributed by atoms with van der Waals surface area (Å²) in [6, 6.07) is 28.1. The van der Waals surface area contributed by atoms with Crippen molar-refractivity contribution in [3.63, 3.8) is 0 Å². The molecule has 2 atom stereocenters. The Morgan fingerprint density at radius 3 is 1.28 bits per heavy atom. The number of phenols is 2. The molecule has 0 aliphatic carbocycles. The molecule has 0 saturated heterocycles. The van der Waals surface area contributed by atoms with Gasteiger partial charge in [-0.2, -0.15) is 0 Å². The molecule has 2 aliphatic rings. The zero-order valence-electron chi connectivity index (χ0n) is 19.3. The Morgan fingerprint density at radius 2 is 0.889 bits per heavy atom. The Kier molecular flexibility index (Phi) is 6.41. The van der Waals surface area contributed by atoms with Gasteiger partial charge in [0.05, 0.1) is 24.0 Å². The van der Waals surface area contributed by atoms with Gasteiger partial charge in [0.2, 0.25) is 0 Å². The highest BCUT2D eigenvalue weighted by Gasteiger charge is 2.28. The number of aromatic hydroxyl groups is 2. The molecule has 2 heterocycles. The molecule has 180 valence electrons. The number of ketones is 2. The van der Waals surface area contributed by atoms with Gasteiger partial charge in [0.1, 0.15) is 35.2 Å². The molecule has 0 radical (unpaired) electrons. The van der Waals surface area contributed by atoms with Crippen LogP contribution in [0.15, 0.2) is 97.1 Å². The van der Waals surface area contributed by atoms with Gasteiger partial charge >= 0.3 is 0 Å². The molecular weight excluding hydrogens is 456 g/mol. The molecule has 2 N–H and O–H groups in total. The van der Waals surface area contributed by atoms with E-state index in [9.17, 15) is 19.8 Å². The normalized spacial score (nSPS) is 18.0. The molecule has 4 aromatic carbocycles. The number of hydrogen-bond acceptors (Lipinski definition) is 6. The first-order valence-electron chi connectivity index (χ1n) is 11.6. The number of carbonyl (C=O) groups is 2. The van der Waals surface area contributed by atoms with Gasteiger partial charge in [-0.1, -0.05) is 48.5 Å². The van der Waals surface area contributed by atoms with Gasteiger partial charge in [-0.15, -0.1) is 0 Å². The lowest BCUT2D eigenvalue weighted by atomic mass is 9.96. The van der Waals surface area contributed by atoms with Crippen molar-refractivity contribution in [1.29, 1.82) is 0 Å². The van der Waals surface area contributed by atoms with Crippen molar-refractivity contribution in [3.05, 3.63) is 119 Å². The van der Waals surface area contributed by atoms with Crippen molar-refractivity contribution in [1.82, 2.24) is 0 Å². The Hall–Kier alpha value is -4.58. The predicted octanol–water partition coefficient (Wildman–Crippen LogP) is 6.20. The van der Waals surface area contributed by atoms with Gasteiger partial charge in [-0.25, -0.2) is 0 Å². The van der Waals surface area contributed by atoms with Crippen LogP contribution in [0.3, 0.4) is 0 Å². The van der Waals surface area contributed by atoms with Gasteiger partial charge in [0.25, 0.3) is 0 Å². The summed E-state index contributed by atoms with van der Waals surface area (Å²) in [6.45, 7) is 0. The summed E-state index contributed by atoms with van der Waals surface area (Å²) in [6.07, 6.45) is 0.129. The molecule has 0 bridgehead atoms. The maximum Gasteiger partial charge on any atom is 0.170 e. The molecule has 2 aliphatic heterocycles. The lowest BCUT2D eigenvalue weighted by Crippen LogP contribution is -2.20. The van der Waals surface area contributed by atoms with E-state index in [1.165, 1.54) is 0 Å². The molecule has 0 saturated carbocycles. The van der Waals surface area contributed by atoms with Crippen LogP contribution in [-0.2, 0) is 0 Å². The fourth-order valence-electron chi connectivity index (χ4n) is 4.30. The van der Waals surface area contributed by atoms with E-state index >= 15 is 0 Å². The van der Waals surface area contributed by atoms with Gasteiger partial charge in [-0.05, 0) is 59.7 Å². The second-order valence-electron chi connectivity index (χ2n) is 8.64. The molecule has 0 amide bonds. The van der Waals surface area contributed by atoms with E-state index in [1.807, 2.05) is 24.3 Å². The van der Waals surface area contributed by atoms with Crippen molar-refractivity contribution >= 4 is 11.6 Å². The summed E-state index contributed by atoms with van der Waals surface area (Å²) in [5, 5.41) is 18.5. The number of para-hydroxylation sites is 2. The highest BCUT2D eigenvalue weighted by Crippen LogP contribution is 2.36.